The molecule has 0 spiro atoms. The van der Waals surface area contributed by atoms with Crippen molar-refractivity contribution in [1.82, 2.24) is 4.90 Å². The molecule has 0 saturated carbocycles. The van der Waals surface area contributed by atoms with Crippen LogP contribution in [0.4, 0.5) is 0 Å². The minimum absolute atomic E-state index is 0.202. The van der Waals surface area contributed by atoms with Crippen molar-refractivity contribution in [2.75, 3.05) is 19.3 Å². The lowest BCUT2D eigenvalue weighted by atomic mass is 10.5. The molecule has 0 rings (SSSR count). The highest BCUT2D eigenvalue weighted by molar-refractivity contribution is 7.92. The van der Waals surface area contributed by atoms with Gasteiger partial charge in [-0.15, -0.1) is 0 Å². The van der Waals surface area contributed by atoms with Crippen LogP contribution in [0.1, 0.15) is 20.8 Å². The molecule has 0 atom stereocenters. The Morgan fingerprint density at radius 3 is 2.23 bits per heavy atom. The first kappa shape index (κ1) is 12.5. The Hall–Kier alpha value is -0.510. The first-order valence-electron chi connectivity index (χ1n) is 4.35. The van der Waals surface area contributed by atoms with Gasteiger partial charge in [0.15, 0.2) is 9.84 Å². The molecule has 13 heavy (non-hydrogen) atoms. The van der Waals surface area contributed by atoms with Crippen LogP contribution in [0.5, 0.6) is 0 Å². The van der Waals surface area contributed by atoms with Gasteiger partial charge in [-0.1, -0.05) is 6.58 Å². The third-order valence-electron chi connectivity index (χ3n) is 2.08. The highest BCUT2D eigenvalue weighted by Gasteiger charge is 2.16. The quantitative estimate of drug-likeness (QED) is 0.678. The van der Waals surface area contributed by atoms with E-state index in [9.17, 15) is 8.42 Å². The Morgan fingerprint density at radius 2 is 1.92 bits per heavy atom. The van der Waals surface area contributed by atoms with Crippen molar-refractivity contribution in [1.29, 1.82) is 0 Å². The smallest absolute Gasteiger partial charge is 0.154 e. The Kier molecular flexibility index (Phi) is 4.47. The molecule has 3 nitrogen and oxygen atoms in total. The normalized spacial score (nSPS) is 11.8. The second-order valence-electron chi connectivity index (χ2n) is 3.57. The molecule has 4 heteroatoms. The van der Waals surface area contributed by atoms with Crippen molar-refractivity contribution >= 4 is 9.84 Å². The number of hydrogen-bond acceptors (Lipinski definition) is 3. The molecule has 0 saturated heterocycles. The van der Waals surface area contributed by atoms with Crippen molar-refractivity contribution in [2.24, 2.45) is 0 Å². The van der Waals surface area contributed by atoms with Crippen LogP contribution >= 0.6 is 0 Å². The van der Waals surface area contributed by atoms with Crippen LogP contribution in [0.2, 0.25) is 0 Å². The van der Waals surface area contributed by atoms with Gasteiger partial charge in [0, 0.05) is 19.3 Å². The number of allylic oxidation sites excluding steroid dienone is 1. The summed E-state index contributed by atoms with van der Waals surface area (Å²) in [6, 6.07) is 0. The number of nitrogens with zero attached hydrogens (tertiary/aromatic N) is 1. The SMILES string of the molecule is C=C(C)N(C)CCS(=O)(=O)C(C)C. The maximum absolute atomic E-state index is 11.4. The molecule has 0 radical (unpaired) electrons. The highest BCUT2D eigenvalue weighted by atomic mass is 32.2. The first-order valence-corrected chi connectivity index (χ1v) is 6.07. The van der Waals surface area contributed by atoms with E-state index < -0.39 is 9.84 Å². The Labute approximate surface area is 81.4 Å². The average molecular weight is 205 g/mol. The van der Waals surface area contributed by atoms with Gasteiger partial charge in [0.25, 0.3) is 0 Å². The number of rotatable bonds is 5. The van der Waals surface area contributed by atoms with Crippen molar-refractivity contribution in [3.8, 4) is 0 Å². The lowest BCUT2D eigenvalue weighted by Crippen LogP contribution is -2.27. The van der Waals surface area contributed by atoms with Crippen LogP contribution in [-0.4, -0.2) is 37.9 Å². The minimum atomic E-state index is -2.91. The Morgan fingerprint density at radius 1 is 1.46 bits per heavy atom. The Bertz CT molecular complexity index is 267. The maximum atomic E-state index is 11.4. The summed E-state index contributed by atoms with van der Waals surface area (Å²) in [6.07, 6.45) is 0. The molecule has 78 valence electrons. The van der Waals surface area contributed by atoms with Gasteiger partial charge in [0.2, 0.25) is 0 Å². The van der Waals surface area contributed by atoms with Gasteiger partial charge in [-0.05, 0) is 20.8 Å². The van der Waals surface area contributed by atoms with E-state index >= 15 is 0 Å². The van der Waals surface area contributed by atoms with Gasteiger partial charge < -0.3 is 4.90 Å². The third kappa shape index (κ3) is 4.31. The second kappa shape index (κ2) is 4.65. The van der Waals surface area contributed by atoms with E-state index in [2.05, 4.69) is 6.58 Å². The third-order valence-corrected chi connectivity index (χ3v) is 4.27. The number of sulfone groups is 1. The lowest BCUT2D eigenvalue weighted by Gasteiger charge is -2.19. The highest BCUT2D eigenvalue weighted by Crippen LogP contribution is 2.03. The summed E-state index contributed by atoms with van der Waals surface area (Å²) in [4.78, 5) is 1.85. The molecular weight excluding hydrogens is 186 g/mol. The summed E-state index contributed by atoms with van der Waals surface area (Å²) in [5, 5.41) is -0.286. The van der Waals surface area contributed by atoms with Crippen molar-refractivity contribution in [3.05, 3.63) is 12.3 Å². The molecule has 0 unspecified atom stereocenters. The van der Waals surface area contributed by atoms with Crippen LogP contribution < -0.4 is 0 Å². The van der Waals surface area contributed by atoms with Crippen LogP contribution in [-0.2, 0) is 9.84 Å². The van der Waals surface area contributed by atoms with Crippen molar-refractivity contribution < 1.29 is 8.42 Å². The Balaban J connectivity index is 4.11. The largest absolute Gasteiger partial charge is 0.378 e. The van der Waals surface area contributed by atoms with E-state index in [1.165, 1.54) is 0 Å². The average Bonchev–Trinajstić information content (AvgIpc) is 1.99. The van der Waals surface area contributed by atoms with Gasteiger partial charge >= 0.3 is 0 Å². The molecule has 0 N–H and O–H groups in total. The van der Waals surface area contributed by atoms with E-state index in [4.69, 9.17) is 0 Å². The molecule has 0 fully saturated rings. The molecule has 0 aromatic heterocycles. The molecule has 0 bridgehead atoms. The fourth-order valence-corrected chi connectivity index (χ4v) is 1.69. The monoisotopic (exact) mass is 205 g/mol. The van der Waals surface area contributed by atoms with Gasteiger partial charge in [-0.2, -0.15) is 0 Å². The van der Waals surface area contributed by atoms with E-state index in [1.807, 2.05) is 18.9 Å². The van der Waals surface area contributed by atoms with Crippen LogP contribution in [0.3, 0.4) is 0 Å². The number of hydrogen-bond donors (Lipinski definition) is 0. The van der Waals surface area contributed by atoms with E-state index in [0.717, 1.165) is 5.70 Å². The van der Waals surface area contributed by atoms with Crippen LogP contribution in [0.25, 0.3) is 0 Å². The second-order valence-corrected chi connectivity index (χ2v) is 6.25. The summed E-state index contributed by atoms with van der Waals surface area (Å²) in [5.74, 6) is 0.202. The van der Waals surface area contributed by atoms with Gasteiger partial charge in [-0.25, -0.2) is 8.42 Å². The lowest BCUT2D eigenvalue weighted by molar-refractivity contribution is 0.443. The summed E-state index contributed by atoms with van der Waals surface area (Å²) >= 11 is 0. The van der Waals surface area contributed by atoms with Crippen LogP contribution in [0, 0.1) is 0 Å². The van der Waals surface area contributed by atoms with Gasteiger partial charge in [-0.3, -0.25) is 0 Å². The van der Waals surface area contributed by atoms with E-state index in [-0.39, 0.29) is 11.0 Å². The van der Waals surface area contributed by atoms with Crippen molar-refractivity contribution in [3.63, 3.8) is 0 Å². The van der Waals surface area contributed by atoms with Crippen molar-refractivity contribution in [2.45, 2.75) is 26.0 Å². The zero-order valence-electron chi connectivity index (χ0n) is 8.87. The maximum Gasteiger partial charge on any atom is 0.154 e. The standard InChI is InChI=1S/C9H19NO2S/c1-8(2)10(5)6-7-13(11,12)9(3)4/h9H,1,6-7H2,2-5H3. The van der Waals surface area contributed by atoms with Gasteiger partial charge in [0.05, 0.1) is 11.0 Å². The van der Waals surface area contributed by atoms with Gasteiger partial charge in [0.1, 0.15) is 0 Å². The fraction of sp³-hybridized carbons (Fsp3) is 0.778. The zero-order chi connectivity index (χ0) is 10.6. The molecule has 0 aliphatic heterocycles. The predicted octanol–water partition coefficient (Wildman–Crippen LogP) is 1.28. The minimum Gasteiger partial charge on any atom is -0.378 e. The topological polar surface area (TPSA) is 37.4 Å². The summed E-state index contributed by atoms with van der Waals surface area (Å²) < 4.78 is 22.8. The molecule has 0 aliphatic carbocycles. The van der Waals surface area contributed by atoms with E-state index in [1.54, 1.807) is 13.8 Å². The van der Waals surface area contributed by atoms with Crippen LogP contribution in [0.15, 0.2) is 12.3 Å². The molecular formula is C9H19NO2S. The zero-order valence-corrected chi connectivity index (χ0v) is 9.69. The summed E-state index contributed by atoms with van der Waals surface area (Å²) in [7, 11) is -1.06. The molecule has 0 amide bonds. The molecule has 0 aromatic rings. The summed E-state index contributed by atoms with van der Waals surface area (Å²) in [5.41, 5.74) is 0.888. The fourth-order valence-electron chi connectivity index (χ4n) is 0.691. The summed E-state index contributed by atoms with van der Waals surface area (Å²) in [6.45, 7) is 9.53. The molecule has 0 heterocycles. The predicted molar refractivity (Wildman–Crippen MR) is 56.4 cm³/mol. The first-order chi connectivity index (χ1) is 5.77. The molecule has 0 aromatic carbocycles. The molecule has 0 aliphatic rings. The van der Waals surface area contributed by atoms with E-state index in [0.29, 0.717) is 6.54 Å².